The summed E-state index contributed by atoms with van der Waals surface area (Å²) in [6.45, 7) is 7.76. The number of aliphatic hydroxyl groups is 1. The summed E-state index contributed by atoms with van der Waals surface area (Å²) in [6.07, 6.45) is 3.43. The molecule has 11 heteroatoms. The van der Waals surface area contributed by atoms with Crippen LogP contribution in [0, 0.1) is 0 Å². The van der Waals surface area contributed by atoms with E-state index in [-0.39, 0.29) is 6.61 Å². The van der Waals surface area contributed by atoms with E-state index >= 15 is 0 Å². The zero-order valence-electron chi connectivity index (χ0n) is 21.5. The highest BCUT2D eigenvalue weighted by Crippen LogP contribution is 2.33. The summed E-state index contributed by atoms with van der Waals surface area (Å²) in [5.41, 5.74) is 2.28. The van der Waals surface area contributed by atoms with Gasteiger partial charge in [-0.2, -0.15) is 0 Å². The molecule has 1 fully saturated rings. The summed E-state index contributed by atoms with van der Waals surface area (Å²) in [5, 5.41) is 25.3. The lowest BCUT2D eigenvalue weighted by molar-refractivity contribution is -0.159. The predicted octanol–water partition coefficient (Wildman–Crippen LogP) is 2.17. The lowest BCUT2D eigenvalue weighted by Gasteiger charge is -2.35. The van der Waals surface area contributed by atoms with Crippen molar-refractivity contribution in [3.05, 3.63) is 53.6 Å². The van der Waals surface area contributed by atoms with Crippen molar-refractivity contribution in [1.29, 1.82) is 0 Å². The number of carbonyl (C=O) groups is 2. The minimum Gasteiger partial charge on any atom is -0.493 e. The molecule has 0 saturated carbocycles. The summed E-state index contributed by atoms with van der Waals surface area (Å²) in [6, 6.07) is 11.9. The Bertz CT molecular complexity index is 1100. The van der Waals surface area contributed by atoms with E-state index in [9.17, 15) is 5.11 Å². The monoisotopic (exact) mass is 530 g/mol. The van der Waals surface area contributed by atoms with Crippen molar-refractivity contribution in [3.63, 3.8) is 0 Å². The van der Waals surface area contributed by atoms with Gasteiger partial charge in [0.2, 0.25) is 6.79 Å². The average molecular weight is 531 g/mol. The zero-order chi connectivity index (χ0) is 27.5. The third-order valence-electron chi connectivity index (χ3n) is 5.94. The molecule has 2 aromatic rings. The molecule has 2 heterocycles. The summed E-state index contributed by atoms with van der Waals surface area (Å²) < 4.78 is 22.1. The van der Waals surface area contributed by atoms with E-state index in [0.29, 0.717) is 24.8 Å². The molecular formula is C27H34N2O9. The van der Waals surface area contributed by atoms with Gasteiger partial charge in [-0.05, 0) is 42.3 Å². The molecule has 1 unspecified atom stereocenters. The van der Waals surface area contributed by atoms with Gasteiger partial charge in [-0.1, -0.05) is 24.3 Å². The topological polar surface area (TPSA) is 138 Å². The number of carboxylic acids is 2. The largest absolute Gasteiger partial charge is 0.493 e. The first-order valence-corrected chi connectivity index (χ1v) is 12.2. The highest BCUT2D eigenvalue weighted by molar-refractivity contribution is 6.27. The van der Waals surface area contributed by atoms with Crippen molar-refractivity contribution in [1.82, 2.24) is 9.80 Å². The van der Waals surface area contributed by atoms with Gasteiger partial charge in [0.25, 0.3) is 0 Å². The molecule has 0 spiro atoms. The molecule has 38 heavy (non-hydrogen) atoms. The molecule has 4 rings (SSSR count). The first-order valence-electron chi connectivity index (χ1n) is 12.2. The molecule has 0 radical (unpaired) electrons. The minimum absolute atomic E-state index is 0.233. The molecule has 1 atom stereocenters. The number of ether oxygens (including phenoxy) is 4. The van der Waals surface area contributed by atoms with Crippen molar-refractivity contribution in [3.8, 4) is 23.0 Å². The van der Waals surface area contributed by atoms with E-state index in [1.165, 1.54) is 5.56 Å². The van der Waals surface area contributed by atoms with Crippen LogP contribution in [0.25, 0.3) is 6.08 Å². The van der Waals surface area contributed by atoms with Crippen molar-refractivity contribution in [2.75, 3.05) is 53.2 Å². The van der Waals surface area contributed by atoms with Crippen LogP contribution in [0.5, 0.6) is 23.0 Å². The number of nitrogens with zero attached hydrogens (tertiary/aromatic N) is 2. The van der Waals surface area contributed by atoms with E-state index in [1.807, 2.05) is 43.3 Å². The standard InChI is InChI=1S/C25H32N2O5.C2H2O4/c1-3-4-19-5-7-22(24(13-19)29-2)30-17-21(28)16-27-11-9-26(10-12-27)15-20-6-8-23-25(14-20)32-18-31-23;3-1(4)2(5)6/h3-8,13-14,21,28H,9-12,15-18H2,1-2H3;(H,3,4)(H,5,6)/b4-3+;. The van der Waals surface area contributed by atoms with Crippen molar-refractivity contribution >= 4 is 18.0 Å². The average Bonchev–Trinajstić information content (AvgIpc) is 3.37. The molecule has 2 aliphatic rings. The highest BCUT2D eigenvalue weighted by atomic mass is 16.7. The number of β-amino-alcohol motifs (C(OH)–C–C–N with tert-alkyl or cyclic N) is 1. The molecule has 206 valence electrons. The number of hydrogen-bond acceptors (Lipinski definition) is 9. The van der Waals surface area contributed by atoms with Crippen LogP contribution in [0.2, 0.25) is 0 Å². The zero-order valence-corrected chi connectivity index (χ0v) is 21.5. The first kappa shape index (κ1) is 28.8. The second-order valence-corrected chi connectivity index (χ2v) is 8.75. The summed E-state index contributed by atoms with van der Waals surface area (Å²) in [5.74, 6) is -0.679. The van der Waals surface area contributed by atoms with Gasteiger partial charge in [-0.25, -0.2) is 9.59 Å². The Morgan fingerprint density at radius 3 is 2.32 bits per heavy atom. The Morgan fingerprint density at radius 1 is 0.974 bits per heavy atom. The molecule has 11 nitrogen and oxygen atoms in total. The molecule has 0 aromatic heterocycles. The van der Waals surface area contributed by atoms with Gasteiger partial charge >= 0.3 is 11.9 Å². The van der Waals surface area contributed by atoms with Crippen molar-refractivity contribution in [2.24, 2.45) is 0 Å². The normalized spacial score (nSPS) is 16.0. The van der Waals surface area contributed by atoms with Gasteiger partial charge in [0.15, 0.2) is 23.0 Å². The number of carboxylic acid groups (broad SMARTS) is 2. The quantitative estimate of drug-likeness (QED) is 0.411. The fourth-order valence-electron chi connectivity index (χ4n) is 4.06. The number of rotatable bonds is 9. The number of allylic oxidation sites excluding steroid dienone is 1. The SMILES string of the molecule is C/C=C/c1ccc(OCC(O)CN2CCN(Cc3ccc4c(c3)OCO4)CC2)c(OC)c1.O=C(O)C(=O)O. The first-order chi connectivity index (χ1) is 18.3. The van der Waals surface area contributed by atoms with Crippen molar-refractivity contribution < 1.29 is 43.9 Å². The van der Waals surface area contributed by atoms with Crippen LogP contribution in [-0.2, 0) is 16.1 Å². The molecule has 2 aliphatic heterocycles. The van der Waals surface area contributed by atoms with Crippen LogP contribution < -0.4 is 18.9 Å². The number of methoxy groups -OCH3 is 1. The van der Waals surface area contributed by atoms with E-state index < -0.39 is 18.0 Å². The third-order valence-corrected chi connectivity index (χ3v) is 5.94. The second-order valence-electron chi connectivity index (χ2n) is 8.75. The van der Waals surface area contributed by atoms with Crippen LogP contribution in [0.1, 0.15) is 18.1 Å². The predicted molar refractivity (Wildman–Crippen MR) is 139 cm³/mol. The van der Waals surface area contributed by atoms with Crippen LogP contribution in [0.3, 0.4) is 0 Å². The van der Waals surface area contributed by atoms with Gasteiger partial charge in [0.05, 0.1) is 7.11 Å². The molecule has 0 amide bonds. The second kappa shape index (κ2) is 14.2. The van der Waals surface area contributed by atoms with Gasteiger partial charge in [-0.15, -0.1) is 0 Å². The van der Waals surface area contributed by atoms with E-state index in [4.69, 9.17) is 38.7 Å². The van der Waals surface area contributed by atoms with Gasteiger partial charge in [-0.3, -0.25) is 9.80 Å². The van der Waals surface area contributed by atoms with Crippen LogP contribution >= 0.6 is 0 Å². The van der Waals surface area contributed by atoms with Gasteiger partial charge in [0, 0.05) is 39.3 Å². The number of hydrogen-bond donors (Lipinski definition) is 3. The number of aliphatic hydroxyl groups excluding tert-OH is 1. The lowest BCUT2D eigenvalue weighted by Crippen LogP contribution is -2.48. The molecular weight excluding hydrogens is 496 g/mol. The molecule has 2 aromatic carbocycles. The molecule has 0 bridgehead atoms. The fraction of sp³-hybridized carbons (Fsp3) is 0.407. The Morgan fingerprint density at radius 2 is 1.66 bits per heavy atom. The Balaban J connectivity index is 0.000000599. The molecule has 1 saturated heterocycles. The number of aliphatic carboxylic acids is 2. The fourth-order valence-corrected chi connectivity index (χ4v) is 4.06. The Kier molecular flexibility index (Phi) is 10.8. The van der Waals surface area contributed by atoms with E-state index in [2.05, 4.69) is 21.9 Å². The summed E-state index contributed by atoms with van der Waals surface area (Å²) in [7, 11) is 1.63. The third kappa shape index (κ3) is 8.65. The number of benzene rings is 2. The maximum absolute atomic E-state index is 10.5. The van der Waals surface area contributed by atoms with Crippen LogP contribution in [-0.4, -0.2) is 96.4 Å². The maximum atomic E-state index is 10.5. The maximum Gasteiger partial charge on any atom is 0.414 e. The Labute approximate surface area is 221 Å². The number of piperazine rings is 1. The summed E-state index contributed by atoms with van der Waals surface area (Å²) in [4.78, 5) is 22.9. The molecule has 3 N–H and O–H groups in total. The molecule has 0 aliphatic carbocycles. The van der Waals surface area contributed by atoms with E-state index in [1.54, 1.807) is 7.11 Å². The van der Waals surface area contributed by atoms with Gasteiger partial charge < -0.3 is 34.3 Å². The van der Waals surface area contributed by atoms with Gasteiger partial charge in [0.1, 0.15) is 12.7 Å². The van der Waals surface area contributed by atoms with Crippen LogP contribution in [0.4, 0.5) is 0 Å². The minimum atomic E-state index is -1.82. The summed E-state index contributed by atoms with van der Waals surface area (Å²) >= 11 is 0. The van der Waals surface area contributed by atoms with Crippen molar-refractivity contribution in [2.45, 2.75) is 19.6 Å². The number of fused-ring (bicyclic) bond motifs is 1. The van der Waals surface area contributed by atoms with Crippen LogP contribution in [0.15, 0.2) is 42.5 Å². The smallest absolute Gasteiger partial charge is 0.414 e. The van der Waals surface area contributed by atoms with E-state index in [0.717, 1.165) is 49.8 Å². The lowest BCUT2D eigenvalue weighted by atomic mass is 10.1. The highest BCUT2D eigenvalue weighted by Gasteiger charge is 2.21. The Hall–Kier alpha value is -3.80.